The summed E-state index contributed by atoms with van der Waals surface area (Å²) in [7, 11) is 1.52. The summed E-state index contributed by atoms with van der Waals surface area (Å²) in [5.74, 6) is -0.723. The summed E-state index contributed by atoms with van der Waals surface area (Å²) < 4.78 is 10.7. The van der Waals surface area contributed by atoms with E-state index in [1.807, 2.05) is 32.0 Å². The lowest BCUT2D eigenvalue weighted by Gasteiger charge is -2.21. The Morgan fingerprint density at radius 3 is 2.68 bits per heavy atom. The number of nitrogens with zero attached hydrogens (tertiary/aromatic N) is 1. The second-order valence-corrected chi connectivity index (χ2v) is 5.55. The highest BCUT2D eigenvalue weighted by Gasteiger charge is 2.39. The summed E-state index contributed by atoms with van der Waals surface area (Å²) in [4.78, 5) is 24.8. The second kappa shape index (κ2) is 6.79. The third-order valence-electron chi connectivity index (χ3n) is 3.88. The standard InChI is InChI=1S/C16H21NO5/c1-10-4-5-14(11(2)6-10)22-9-15(18)17-8-12(21-3)7-13(17)16(19)20/h4-6,12-13H,7-9H2,1-3H3,(H,19,20). The molecule has 1 amide bonds. The van der Waals surface area contributed by atoms with Gasteiger partial charge in [-0.25, -0.2) is 4.79 Å². The third kappa shape index (κ3) is 3.57. The highest BCUT2D eigenvalue weighted by Crippen LogP contribution is 2.22. The summed E-state index contributed by atoms with van der Waals surface area (Å²) in [6.45, 7) is 3.99. The van der Waals surface area contributed by atoms with Gasteiger partial charge in [0.25, 0.3) is 5.91 Å². The van der Waals surface area contributed by atoms with E-state index in [4.69, 9.17) is 9.47 Å². The number of methoxy groups -OCH3 is 1. The molecule has 1 fully saturated rings. The van der Waals surface area contributed by atoms with Crippen LogP contribution in [0.4, 0.5) is 0 Å². The zero-order valence-electron chi connectivity index (χ0n) is 13.0. The van der Waals surface area contributed by atoms with Gasteiger partial charge in [0.1, 0.15) is 11.8 Å². The quantitative estimate of drug-likeness (QED) is 0.889. The maximum absolute atomic E-state index is 12.3. The number of aryl methyl sites for hydroxylation is 2. The number of carbonyl (C=O) groups is 2. The fourth-order valence-electron chi connectivity index (χ4n) is 2.66. The topological polar surface area (TPSA) is 76.1 Å². The highest BCUT2D eigenvalue weighted by atomic mass is 16.5. The summed E-state index contributed by atoms with van der Waals surface area (Å²) in [6, 6.07) is 4.84. The van der Waals surface area contributed by atoms with Gasteiger partial charge < -0.3 is 19.5 Å². The molecule has 1 heterocycles. The number of carbonyl (C=O) groups excluding carboxylic acids is 1. The number of benzene rings is 1. The molecule has 6 heteroatoms. The summed E-state index contributed by atoms with van der Waals surface area (Å²) in [5.41, 5.74) is 2.06. The smallest absolute Gasteiger partial charge is 0.326 e. The van der Waals surface area contributed by atoms with Crippen LogP contribution in [0.15, 0.2) is 18.2 Å². The van der Waals surface area contributed by atoms with Crippen LogP contribution >= 0.6 is 0 Å². The lowest BCUT2D eigenvalue weighted by atomic mass is 10.1. The molecule has 0 saturated carbocycles. The van der Waals surface area contributed by atoms with Crippen LogP contribution in [-0.2, 0) is 14.3 Å². The largest absolute Gasteiger partial charge is 0.483 e. The van der Waals surface area contributed by atoms with E-state index in [0.717, 1.165) is 11.1 Å². The average Bonchev–Trinajstić information content (AvgIpc) is 2.90. The summed E-state index contributed by atoms with van der Waals surface area (Å²) >= 11 is 0. The highest BCUT2D eigenvalue weighted by molar-refractivity contribution is 5.85. The van der Waals surface area contributed by atoms with Crippen LogP contribution in [0.3, 0.4) is 0 Å². The van der Waals surface area contributed by atoms with Crippen LogP contribution < -0.4 is 4.74 Å². The van der Waals surface area contributed by atoms with Crippen LogP contribution in [0, 0.1) is 13.8 Å². The predicted molar refractivity (Wildman–Crippen MR) is 80.0 cm³/mol. The molecule has 22 heavy (non-hydrogen) atoms. The average molecular weight is 307 g/mol. The molecule has 0 aromatic heterocycles. The van der Waals surface area contributed by atoms with Crippen LogP contribution in [0.2, 0.25) is 0 Å². The van der Waals surface area contributed by atoms with E-state index >= 15 is 0 Å². The molecule has 1 saturated heterocycles. The van der Waals surface area contributed by atoms with E-state index in [2.05, 4.69) is 0 Å². The van der Waals surface area contributed by atoms with E-state index in [1.165, 1.54) is 12.0 Å². The Morgan fingerprint density at radius 1 is 1.36 bits per heavy atom. The molecule has 0 bridgehead atoms. The molecule has 1 aromatic carbocycles. The molecule has 0 spiro atoms. The minimum Gasteiger partial charge on any atom is -0.483 e. The Morgan fingerprint density at radius 2 is 2.09 bits per heavy atom. The Hall–Kier alpha value is -2.08. The molecule has 0 aliphatic carbocycles. The van der Waals surface area contributed by atoms with Crippen molar-refractivity contribution in [3.8, 4) is 5.75 Å². The van der Waals surface area contributed by atoms with Crippen LogP contribution in [0.25, 0.3) is 0 Å². The van der Waals surface area contributed by atoms with Gasteiger partial charge in [0, 0.05) is 20.1 Å². The molecule has 1 aliphatic heterocycles. The molecule has 2 atom stereocenters. The van der Waals surface area contributed by atoms with Crippen molar-refractivity contribution in [2.24, 2.45) is 0 Å². The number of rotatable bonds is 5. The Kier molecular flexibility index (Phi) is 5.03. The number of hydrogen-bond donors (Lipinski definition) is 1. The lowest BCUT2D eigenvalue weighted by molar-refractivity contribution is -0.149. The van der Waals surface area contributed by atoms with Crippen LogP contribution in [-0.4, -0.2) is 54.3 Å². The fraction of sp³-hybridized carbons (Fsp3) is 0.500. The van der Waals surface area contributed by atoms with Crippen molar-refractivity contribution in [2.45, 2.75) is 32.4 Å². The number of ether oxygens (including phenoxy) is 2. The van der Waals surface area contributed by atoms with E-state index in [1.54, 1.807) is 0 Å². The molecular weight excluding hydrogens is 286 g/mol. The third-order valence-corrected chi connectivity index (χ3v) is 3.88. The number of likely N-dealkylation sites (tertiary alicyclic amines) is 1. The van der Waals surface area contributed by atoms with Gasteiger partial charge in [-0.2, -0.15) is 0 Å². The van der Waals surface area contributed by atoms with Gasteiger partial charge in [-0.1, -0.05) is 17.7 Å². The molecule has 2 rings (SSSR count). The maximum atomic E-state index is 12.3. The summed E-state index contributed by atoms with van der Waals surface area (Å²) in [6.07, 6.45) is 0.0624. The molecule has 6 nitrogen and oxygen atoms in total. The van der Waals surface area contributed by atoms with Crippen molar-refractivity contribution in [3.63, 3.8) is 0 Å². The predicted octanol–water partition coefficient (Wildman–Crippen LogP) is 1.38. The molecular formula is C16H21NO5. The number of hydrogen-bond acceptors (Lipinski definition) is 4. The minimum absolute atomic E-state index is 0.176. The van der Waals surface area contributed by atoms with Gasteiger partial charge in [-0.15, -0.1) is 0 Å². The molecule has 120 valence electrons. The van der Waals surface area contributed by atoms with Crippen molar-refractivity contribution >= 4 is 11.9 Å². The first-order valence-corrected chi connectivity index (χ1v) is 7.17. The number of aliphatic carboxylic acids is 1. The SMILES string of the molecule is COC1CC(C(=O)O)N(C(=O)COc2ccc(C)cc2C)C1. The molecule has 2 unspecified atom stereocenters. The van der Waals surface area contributed by atoms with Gasteiger partial charge in [-0.3, -0.25) is 4.79 Å². The Balaban J connectivity index is 2.00. The first-order valence-electron chi connectivity index (χ1n) is 7.17. The van der Waals surface area contributed by atoms with Crippen LogP contribution in [0.1, 0.15) is 17.5 Å². The van der Waals surface area contributed by atoms with E-state index in [-0.39, 0.29) is 25.2 Å². The second-order valence-electron chi connectivity index (χ2n) is 5.55. The van der Waals surface area contributed by atoms with Crippen molar-refractivity contribution in [1.82, 2.24) is 4.90 Å². The van der Waals surface area contributed by atoms with E-state index in [0.29, 0.717) is 12.2 Å². The fourth-order valence-corrected chi connectivity index (χ4v) is 2.66. The monoisotopic (exact) mass is 307 g/mol. The van der Waals surface area contributed by atoms with Gasteiger partial charge in [-0.05, 0) is 25.5 Å². The first-order chi connectivity index (χ1) is 10.4. The van der Waals surface area contributed by atoms with Crippen molar-refractivity contribution in [1.29, 1.82) is 0 Å². The van der Waals surface area contributed by atoms with Crippen molar-refractivity contribution in [2.75, 3.05) is 20.3 Å². The molecule has 1 N–H and O–H groups in total. The van der Waals surface area contributed by atoms with E-state index < -0.39 is 12.0 Å². The number of amides is 1. The molecule has 1 aliphatic rings. The van der Waals surface area contributed by atoms with E-state index in [9.17, 15) is 14.7 Å². The number of carboxylic acid groups (broad SMARTS) is 1. The molecule has 1 aromatic rings. The normalized spacial score (nSPS) is 21.0. The van der Waals surface area contributed by atoms with Crippen molar-refractivity contribution < 1.29 is 24.2 Å². The van der Waals surface area contributed by atoms with Gasteiger partial charge in [0.05, 0.1) is 6.10 Å². The van der Waals surface area contributed by atoms with Gasteiger partial charge in [0.15, 0.2) is 6.61 Å². The summed E-state index contributed by atoms with van der Waals surface area (Å²) in [5, 5.41) is 9.22. The van der Waals surface area contributed by atoms with Crippen molar-refractivity contribution in [3.05, 3.63) is 29.3 Å². The minimum atomic E-state index is -1.01. The van der Waals surface area contributed by atoms with Gasteiger partial charge in [0.2, 0.25) is 0 Å². The van der Waals surface area contributed by atoms with Gasteiger partial charge >= 0.3 is 5.97 Å². The zero-order valence-corrected chi connectivity index (χ0v) is 13.0. The number of carboxylic acids is 1. The molecule has 0 radical (unpaired) electrons. The Labute approximate surface area is 129 Å². The zero-order chi connectivity index (χ0) is 16.3. The first kappa shape index (κ1) is 16.3. The Bertz CT molecular complexity index is 572. The lowest BCUT2D eigenvalue weighted by Crippen LogP contribution is -2.43. The maximum Gasteiger partial charge on any atom is 0.326 e. The van der Waals surface area contributed by atoms with Crippen LogP contribution in [0.5, 0.6) is 5.75 Å².